The van der Waals surface area contributed by atoms with Crippen molar-refractivity contribution in [1.82, 2.24) is 0 Å². The van der Waals surface area contributed by atoms with E-state index in [2.05, 4.69) is 0 Å². The van der Waals surface area contributed by atoms with Crippen LogP contribution >= 0.6 is 0 Å². The molecular weight excluding hydrogens is 374 g/mol. The van der Waals surface area contributed by atoms with Crippen LogP contribution in [0.5, 0.6) is 0 Å². The zero-order valence-electron chi connectivity index (χ0n) is 13.3. The van der Waals surface area contributed by atoms with Gasteiger partial charge in [-0.2, -0.15) is 0 Å². The summed E-state index contributed by atoms with van der Waals surface area (Å²) in [6.45, 7) is 1.82. The lowest BCUT2D eigenvalue weighted by Crippen LogP contribution is -2.09. The molecule has 0 saturated heterocycles. The highest BCUT2D eigenvalue weighted by atomic mass is 32.2. The lowest BCUT2D eigenvalue weighted by atomic mass is 10.2. The lowest BCUT2D eigenvalue weighted by Gasteiger charge is -2.10. The molecule has 0 amide bonds. The average Bonchev–Trinajstić information content (AvgIpc) is 2.59. The van der Waals surface area contributed by atoms with Crippen LogP contribution in [0.3, 0.4) is 0 Å². The maximum Gasteiger partial charge on any atom is 0.194 e. The molecule has 134 valence electrons. The maximum absolute atomic E-state index is 13.7. The Morgan fingerprint density at radius 2 is 0.885 bits per heavy atom. The Balaban J connectivity index is 2.25. The quantitative estimate of drug-likeness (QED) is 0.298. The van der Waals surface area contributed by atoms with Gasteiger partial charge in [0.05, 0.1) is 10.9 Å². The Morgan fingerprint density at radius 3 is 1.23 bits per heavy atom. The predicted molar refractivity (Wildman–Crippen MR) is 86.0 cm³/mol. The van der Waals surface area contributed by atoms with Gasteiger partial charge in [0.1, 0.15) is 0 Å². The van der Waals surface area contributed by atoms with E-state index in [4.69, 9.17) is 0 Å². The van der Waals surface area contributed by atoms with E-state index < -0.39 is 45.8 Å². The van der Waals surface area contributed by atoms with Gasteiger partial charge in [0.25, 0.3) is 0 Å². The molecular formula is C19H11F6S+. The third-order valence-corrected chi connectivity index (χ3v) is 5.80. The van der Waals surface area contributed by atoms with Gasteiger partial charge in [0, 0.05) is 24.3 Å². The number of rotatable bonds is 3. The first kappa shape index (κ1) is 18.4. The molecule has 0 nitrogen and oxygen atoms in total. The molecule has 0 aliphatic heterocycles. The second kappa shape index (κ2) is 7.07. The van der Waals surface area contributed by atoms with Crippen LogP contribution in [0.4, 0.5) is 26.3 Å². The summed E-state index contributed by atoms with van der Waals surface area (Å²) in [6, 6.07) is 9.72. The fourth-order valence-corrected chi connectivity index (χ4v) is 4.49. The van der Waals surface area contributed by atoms with E-state index in [1.807, 2.05) is 6.92 Å². The monoisotopic (exact) mass is 385 g/mol. The van der Waals surface area contributed by atoms with E-state index in [1.165, 1.54) is 0 Å². The summed E-state index contributed by atoms with van der Waals surface area (Å²) in [7, 11) is -1.37. The molecule has 0 spiro atoms. The molecule has 0 saturated carbocycles. The normalized spacial score (nSPS) is 11.2. The molecule has 26 heavy (non-hydrogen) atoms. The van der Waals surface area contributed by atoms with Crippen molar-refractivity contribution < 1.29 is 26.3 Å². The second-order valence-corrected chi connectivity index (χ2v) is 7.55. The first-order valence-corrected chi connectivity index (χ1v) is 8.60. The number of hydrogen-bond acceptors (Lipinski definition) is 0. The van der Waals surface area contributed by atoms with Crippen molar-refractivity contribution in [2.75, 3.05) is 0 Å². The average molecular weight is 385 g/mol. The first-order chi connectivity index (χ1) is 12.3. The van der Waals surface area contributed by atoms with Crippen LogP contribution in [0.2, 0.25) is 0 Å². The van der Waals surface area contributed by atoms with Crippen molar-refractivity contribution in [1.29, 1.82) is 0 Å². The molecule has 0 radical (unpaired) electrons. The summed E-state index contributed by atoms with van der Waals surface area (Å²) >= 11 is 0. The molecule has 0 aromatic heterocycles. The van der Waals surface area contributed by atoms with Gasteiger partial charge in [0.2, 0.25) is 0 Å². The van der Waals surface area contributed by atoms with Crippen LogP contribution in [-0.2, 0) is 10.9 Å². The summed E-state index contributed by atoms with van der Waals surface area (Å²) in [6.07, 6.45) is 0. The molecule has 0 atom stereocenters. The van der Waals surface area contributed by atoms with Crippen molar-refractivity contribution >= 4 is 10.9 Å². The van der Waals surface area contributed by atoms with E-state index in [1.54, 1.807) is 24.3 Å². The van der Waals surface area contributed by atoms with E-state index in [9.17, 15) is 26.3 Å². The first-order valence-electron chi connectivity index (χ1n) is 7.38. The molecule has 0 unspecified atom stereocenters. The summed E-state index contributed by atoms with van der Waals surface area (Å²) in [5.41, 5.74) is 0.894. The Labute approximate surface area is 148 Å². The number of hydrogen-bond donors (Lipinski definition) is 0. The zero-order chi connectivity index (χ0) is 19.0. The third-order valence-electron chi connectivity index (χ3n) is 3.64. The molecule has 0 heterocycles. The van der Waals surface area contributed by atoms with Gasteiger partial charge in [-0.05, 0) is 19.1 Å². The van der Waals surface area contributed by atoms with Gasteiger partial charge in [-0.3, -0.25) is 0 Å². The highest BCUT2D eigenvalue weighted by molar-refractivity contribution is 7.97. The second-order valence-electron chi connectivity index (χ2n) is 5.52. The SMILES string of the molecule is Cc1ccc([S+](c2cc(F)c(F)c(F)c2)c2cc(F)c(F)c(F)c2)cc1. The molecule has 0 bridgehead atoms. The van der Waals surface area contributed by atoms with Crippen molar-refractivity contribution in [3.05, 3.63) is 89.0 Å². The summed E-state index contributed by atoms with van der Waals surface area (Å²) in [5.74, 6) is -8.98. The Kier molecular flexibility index (Phi) is 5.00. The van der Waals surface area contributed by atoms with E-state index in [0.29, 0.717) is 4.90 Å². The highest BCUT2D eigenvalue weighted by Crippen LogP contribution is 2.34. The zero-order valence-corrected chi connectivity index (χ0v) is 14.1. The minimum Gasteiger partial charge on any atom is -0.203 e. The minimum absolute atomic E-state index is 0.0318. The Bertz CT molecular complexity index is 865. The molecule has 7 heteroatoms. The molecule has 0 aliphatic carbocycles. The largest absolute Gasteiger partial charge is 0.203 e. The van der Waals surface area contributed by atoms with Crippen molar-refractivity contribution in [3.63, 3.8) is 0 Å². The summed E-state index contributed by atoms with van der Waals surface area (Å²) in [4.78, 5) is 0.415. The predicted octanol–water partition coefficient (Wildman–Crippen LogP) is 5.93. The van der Waals surface area contributed by atoms with Gasteiger partial charge in [0.15, 0.2) is 49.6 Å². The topological polar surface area (TPSA) is 0 Å². The molecule has 0 fully saturated rings. The lowest BCUT2D eigenvalue weighted by molar-refractivity contribution is 0.442. The standard InChI is InChI=1S/C19H11F6S/c1-10-2-4-11(5-3-10)26(12-6-14(20)18(24)15(21)7-12)13-8-16(22)19(25)17(23)9-13/h2-9H,1H3/q+1. The van der Waals surface area contributed by atoms with Gasteiger partial charge >= 0.3 is 0 Å². The van der Waals surface area contributed by atoms with Crippen LogP contribution in [0.15, 0.2) is 63.2 Å². The molecule has 0 aliphatic rings. The highest BCUT2D eigenvalue weighted by Gasteiger charge is 2.33. The number of aryl methyl sites for hydroxylation is 1. The van der Waals surface area contributed by atoms with Crippen LogP contribution in [0.25, 0.3) is 0 Å². The smallest absolute Gasteiger partial charge is 0.194 e. The molecule has 3 rings (SSSR count). The van der Waals surface area contributed by atoms with Crippen LogP contribution in [0.1, 0.15) is 5.56 Å². The van der Waals surface area contributed by atoms with E-state index in [-0.39, 0.29) is 9.79 Å². The molecule has 3 aromatic carbocycles. The van der Waals surface area contributed by atoms with E-state index >= 15 is 0 Å². The molecule has 3 aromatic rings. The minimum atomic E-state index is -1.64. The fraction of sp³-hybridized carbons (Fsp3) is 0.0526. The Morgan fingerprint density at radius 1 is 0.538 bits per heavy atom. The van der Waals surface area contributed by atoms with Crippen LogP contribution < -0.4 is 0 Å². The van der Waals surface area contributed by atoms with E-state index in [0.717, 1.165) is 29.8 Å². The fourth-order valence-electron chi connectivity index (χ4n) is 2.38. The summed E-state index contributed by atoms with van der Waals surface area (Å²) < 4.78 is 81.4. The van der Waals surface area contributed by atoms with Crippen molar-refractivity contribution in [2.24, 2.45) is 0 Å². The van der Waals surface area contributed by atoms with Crippen LogP contribution in [0, 0.1) is 41.8 Å². The molecule has 0 N–H and O–H groups in total. The maximum atomic E-state index is 13.7. The van der Waals surface area contributed by atoms with Crippen LogP contribution in [-0.4, -0.2) is 0 Å². The number of halogens is 6. The summed E-state index contributed by atoms with van der Waals surface area (Å²) in [5, 5.41) is 0. The Hall–Kier alpha value is -2.41. The van der Waals surface area contributed by atoms with Gasteiger partial charge < -0.3 is 0 Å². The van der Waals surface area contributed by atoms with Gasteiger partial charge in [-0.1, -0.05) is 17.7 Å². The van der Waals surface area contributed by atoms with Gasteiger partial charge in [-0.15, -0.1) is 0 Å². The number of benzene rings is 3. The van der Waals surface area contributed by atoms with Crippen molar-refractivity contribution in [2.45, 2.75) is 21.6 Å². The third kappa shape index (κ3) is 3.44. The van der Waals surface area contributed by atoms with Crippen molar-refractivity contribution in [3.8, 4) is 0 Å². The van der Waals surface area contributed by atoms with Gasteiger partial charge in [-0.25, -0.2) is 26.3 Å².